The lowest BCUT2D eigenvalue weighted by molar-refractivity contribution is 0.0909. The van der Waals surface area contributed by atoms with Gasteiger partial charge in [0, 0.05) is 17.8 Å². The van der Waals surface area contributed by atoms with Gasteiger partial charge in [-0.2, -0.15) is 5.10 Å². The maximum absolute atomic E-state index is 13.5. The van der Waals surface area contributed by atoms with Gasteiger partial charge in [-0.05, 0) is 18.6 Å². The third kappa shape index (κ3) is 3.88. The van der Waals surface area contributed by atoms with Crippen molar-refractivity contribution in [1.82, 2.24) is 15.5 Å². The monoisotopic (exact) mass is 291 g/mol. The van der Waals surface area contributed by atoms with Crippen molar-refractivity contribution >= 4 is 5.91 Å². The highest BCUT2D eigenvalue weighted by Gasteiger charge is 2.15. The second-order valence-electron chi connectivity index (χ2n) is 4.78. The molecule has 21 heavy (non-hydrogen) atoms. The van der Waals surface area contributed by atoms with Crippen LogP contribution in [-0.2, 0) is 6.42 Å². The number of aromatic nitrogens is 2. The van der Waals surface area contributed by atoms with Crippen LogP contribution in [0.2, 0.25) is 0 Å². The Kier molecular flexibility index (Phi) is 5.05. The summed E-state index contributed by atoms with van der Waals surface area (Å²) in [5.74, 6) is -0.895. The first-order chi connectivity index (χ1) is 10.1. The molecule has 2 rings (SSSR count). The van der Waals surface area contributed by atoms with Crippen molar-refractivity contribution < 1.29 is 14.3 Å². The van der Waals surface area contributed by atoms with Crippen LogP contribution in [0.1, 0.15) is 41.2 Å². The lowest BCUT2D eigenvalue weighted by Crippen LogP contribution is -2.29. The molecule has 0 radical (unpaired) electrons. The van der Waals surface area contributed by atoms with E-state index in [4.69, 9.17) is 0 Å². The summed E-state index contributed by atoms with van der Waals surface area (Å²) in [6.07, 6.45) is 0.678. The van der Waals surface area contributed by atoms with Crippen LogP contribution in [0, 0.1) is 5.82 Å². The minimum Gasteiger partial charge on any atom is -0.386 e. The molecule has 112 valence electrons. The molecule has 2 aromatic rings. The van der Waals surface area contributed by atoms with Crippen molar-refractivity contribution in [3.05, 3.63) is 53.1 Å². The van der Waals surface area contributed by atoms with Gasteiger partial charge in [-0.3, -0.25) is 9.89 Å². The number of hydrogen-bond donors (Lipinski definition) is 3. The van der Waals surface area contributed by atoms with Crippen LogP contribution < -0.4 is 5.32 Å². The van der Waals surface area contributed by atoms with Gasteiger partial charge in [0.05, 0.1) is 6.10 Å². The zero-order valence-corrected chi connectivity index (χ0v) is 11.8. The summed E-state index contributed by atoms with van der Waals surface area (Å²) < 4.78 is 13.5. The van der Waals surface area contributed by atoms with Crippen molar-refractivity contribution in [2.45, 2.75) is 25.9 Å². The van der Waals surface area contributed by atoms with Gasteiger partial charge in [-0.25, -0.2) is 4.39 Å². The lowest BCUT2D eigenvalue weighted by Gasteiger charge is -2.12. The molecule has 1 amide bonds. The smallest absolute Gasteiger partial charge is 0.271 e. The molecule has 3 N–H and O–H groups in total. The average Bonchev–Trinajstić information content (AvgIpc) is 2.94. The number of nitrogens with zero attached hydrogens (tertiary/aromatic N) is 1. The minimum atomic E-state index is -1.09. The molecule has 0 saturated carbocycles. The molecule has 0 aliphatic carbocycles. The van der Waals surface area contributed by atoms with Crippen molar-refractivity contribution in [3.63, 3.8) is 0 Å². The van der Waals surface area contributed by atoms with E-state index >= 15 is 0 Å². The van der Waals surface area contributed by atoms with Crippen LogP contribution in [0.3, 0.4) is 0 Å². The Morgan fingerprint density at radius 3 is 2.95 bits per heavy atom. The van der Waals surface area contributed by atoms with Gasteiger partial charge in [-0.15, -0.1) is 0 Å². The third-order valence-electron chi connectivity index (χ3n) is 3.10. The van der Waals surface area contributed by atoms with Crippen molar-refractivity contribution in [1.29, 1.82) is 0 Å². The van der Waals surface area contributed by atoms with Crippen LogP contribution in [-0.4, -0.2) is 27.8 Å². The van der Waals surface area contributed by atoms with E-state index in [-0.39, 0.29) is 17.8 Å². The number of aliphatic hydroxyl groups is 1. The van der Waals surface area contributed by atoms with Crippen LogP contribution in [0.5, 0.6) is 0 Å². The van der Waals surface area contributed by atoms with E-state index < -0.39 is 17.8 Å². The zero-order valence-electron chi connectivity index (χ0n) is 11.8. The van der Waals surface area contributed by atoms with E-state index in [0.717, 1.165) is 18.5 Å². The molecule has 0 bridgehead atoms. The highest BCUT2D eigenvalue weighted by atomic mass is 19.1. The first kappa shape index (κ1) is 15.2. The van der Waals surface area contributed by atoms with Gasteiger partial charge >= 0.3 is 0 Å². The van der Waals surface area contributed by atoms with Gasteiger partial charge < -0.3 is 10.4 Å². The number of rotatable bonds is 6. The Morgan fingerprint density at radius 2 is 2.24 bits per heavy atom. The highest BCUT2D eigenvalue weighted by molar-refractivity contribution is 5.92. The second kappa shape index (κ2) is 6.99. The Bertz CT molecular complexity index is 612. The predicted molar refractivity (Wildman–Crippen MR) is 76.3 cm³/mol. The standard InChI is InChI=1S/C15H18FN3O2/c1-2-5-10-8-13(19-18-10)15(21)17-9-14(20)11-6-3-4-7-12(11)16/h3-4,6-8,14,20H,2,5,9H2,1H3,(H,17,21)(H,18,19). The Hall–Kier alpha value is -2.21. The predicted octanol–water partition coefficient (Wildman–Crippen LogP) is 1.96. The molecule has 0 aliphatic heterocycles. The number of aromatic amines is 1. The number of halogens is 1. The van der Waals surface area contributed by atoms with E-state index in [1.807, 2.05) is 6.92 Å². The first-order valence-corrected chi connectivity index (χ1v) is 6.86. The van der Waals surface area contributed by atoms with Crippen molar-refractivity contribution in [3.8, 4) is 0 Å². The summed E-state index contributed by atoms with van der Waals surface area (Å²) in [7, 11) is 0. The molecule has 0 saturated heterocycles. The number of aliphatic hydroxyl groups excluding tert-OH is 1. The van der Waals surface area contributed by atoms with Gasteiger partial charge in [0.25, 0.3) is 5.91 Å². The summed E-state index contributed by atoms with van der Waals surface area (Å²) in [5.41, 5.74) is 1.31. The number of hydrogen-bond acceptors (Lipinski definition) is 3. The molecule has 1 aromatic heterocycles. The fourth-order valence-electron chi connectivity index (χ4n) is 2.01. The molecule has 1 heterocycles. The normalized spacial score (nSPS) is 12.1. The summed E-state index contributed by atoms with van der Waals surface area (Å²) in [5, 5.41) is 19.1. The Labute approximate surface area is 122 Å². The highest BCUT2D eigenvalue weighted by Crippen LogP contribution is 2.15. The molecule has 1 atom stereocenters. The Morgan fingerprint density at radius 1 is 1.48 bits per heavy atom. The number of aryl methyl sites for hydroxylation is 1. The molecular weight excluding hydrogens is 273 g/mol. The Balaban J connectivity index is 1.92. The average molecular weight is 291 g/mol. The van der Waals surface area contributed by atoms with Crippen LogP contribution in [0.4, 0.5) is 4.39 Å². The quantitative estimate of drug-likeness (QED) is 0.761. The molecule has 6 heteroatoms. The molecule has 0 aliphatic rings. The number of carbonyl (C=O) groups excluding carboxylic acids is 1. The minimum absolute atomic E-state index is 0.0737. The van der Waals surface area contributed by atoms with Gasteiger partial charge in [0.15, 0.2) is 0 Å². The molecule has 0 spiro atoms. The number of nitrogens with one attached hydrogen (secondary N) is 2. The van der Waals surface area contributed by atoms with E-state index in [0.29, 0.717) is 0 Å². The molecular formula is C15H18FN3O2. The maximum atomic E-state index is 13.5. The molecule has 1 aromatic carbocycles. The molecule has 5 nitrogen and oxygen atoms in total. The van der Waals surface area contributed by atoms with Crippen molar-refractivity contribution in [2.75, 3.05) is 6.54 Å². The first-order valence-electron chi connectivity index (χ1n) is 6.86. The lowest BCUT2D eigenvalue weighted by atomic mass is 10.1. The number of H-pyrrole nitrogens is 1. The fourth-order valence-corrected chi connectivity index (χ4v) is 2.01. The maximum Gasteiger partial charge on any atom is 0.271 e. The molecule has 1 unspecified atom stereocenters. The summed E-state index contributed by atoms with van der Waals surface area (Å²) in [4.78, 5) is 11.9. The fraction of sp³-hybridized carbons (Fsp3) is 0.333. The van der Waals surface area contributed by atoms with Gasteiger partial charge in [0.1, 0.15) is 11.5 Å². The summed E-state index contributed by atoms with van der Waals surface area (Å²) >= 11 is 0. The van der Waals surface area contributed by atoms with E-state index in [9.17, 15) is 14.3 Å². The third-order valence-corrected chi connectivity index (χ3v) is 3.10. The van der Waals surface area contributed by atoms with Crippen LogP contribution in [0.15, 0.2) is 30.3 Å². The number of carbonyl (C=O) groups is 1. The SMILES string of the molecule is CCCc1cc(C(=O)NCC(O)c2ccccc2F)n[nH]1. The summed E-state index contributed by atoms with van der Waals surface area (Å²) in [6, 6.07) is 7.61. The van der Waals surface area contributed by atoms with E-state index in [1.54, 1.807) is 18.2 Å². The van der Waals surface area contributed by atoms with E-state index in [2.05, 4.69) is 15.5 Å². The van der Waals surface area contributed by atoms with Gasteiger partial charge in [0.2, 0.25) is 0 Å². The second-order valence-corrected chi connectivity index (χ2v) is 4.78. The zero-order chi connectivity index (χ0) is 15.2. The van der Waals surface area contributed by atoms with Gasteiger partial charge in [-0.1, -0.05) is 31.5 Å². The number of benzene rings is 1. The molecule has 0 fully saturated rings. The largest absolute Gasteiger partial charge is 0.386 e. The van der Waals surface area contributed by atoms with Crippen LogP contribution in [0.25, 0.3) is 0 Å². The number of amides is 1. The van der Waals surface area contributed by atoms with Crippen LogP contribution >= 0.6 is 0 Å². The van der Waals surface area contributed by atoms with E-state index in [1.165, 1.54) is 12.1 Å². The summed E-state index contributed by atoms with van der Waals surface area (Å²) in [6.45, 7) is 1.96. The topological polar surface area (TPSA) is 78.0 Å². The van der Waals surface area contributed by atoms with Crippen molar-refractivity contribution in [2.24, 2.45) is 0 Å².